The number of nitrogens with one attached hydrogen (secondary N) is 1. The molecule has 25 heavy (non-hydrogen) atoms. The molecule has 132 valence electrons. The number of benzene rings is 1. The van der Waals surface area contributed by atoms with Crippen LogP contribution in [-0.2, 0) is 11.3 Å². The van der Waals surface area contributed by atoms with E-state index in [0.29, 0.717) is 18.0 Å². The average Bonchev–Trinajstić information content (AvgIpc) is 2.96. The Morgan fingerprint density at radius 3 is 2.68 bits per heavy atom. The highest BCUT2D eigenvalue weighted by molar-refractivity contribution is 9.11. The third-order valence-corrected chi connectivity index (χ3v) is 5.92. The molecule has 0 saturated heterocycles. The van der Waals surface area contributed by atoms with Crippen molar-refractivity contribution < 1.29 is 9.59 Å². The predicted molar refractivity (Wildman–Crippen MR) is 104 cm³/mol. The van der Waals surface area contributed by atoms with E-state index in [-0.39, 0.29) is 11.8 Å². The molecule has 3 rings (SSSR count). The molecule has 2 aromatic rings. The maximum atomic E-state index is 12.8. The molecule has 1 unspecified atom stereocenters. The van der Waals surface area contributed by atoms with Gasteiger partial charge in [-0.15, -0.1) is 11.3 Å². The average molecular weight is 422 g/mol. The van der Waals surface area contributed by atoms with Crippen LogP contribution in [0.1, 0.15) is 22.2 Å². The largest absolute Gasteiger partial charge is 0.373 e. The van der Waals surface area contributed by atoms with Crippen LogP contribution >= 0.6 is 27.3 Å². The Morgan fingerprint density at radius 1 is 1.20 bits per heavy atom. The first-order valence-electron chi connectivity index (χ1n) is 8.09. The highest BCUT2D eigenvalue weighted by Crippen LogP contribution is 2.24. The van der Waals surface area contributed by atoms with E-state index in [2.05, 4.69) is 32.2 Å². The van der Waals surface area contributed by atoms with Gasteiger partial charge in [0.25, 0.3) is 5.91 Å². The summed E-state index contributed by atoms with van der Waals surface area (Å²) < 4.78 is 0.892. The van der Waals surface area contributed by atoms with E-state index in [1.54, 1.807) is 13.0 Å². The second-order valence-electron chi connectivity index (χ2n) is 6.11. The van der Waals surface area contributed by atoms with Crippen LogP contribution in [0.25, 0.3) is 0 Å². The molecule has 1 atom stereocenters. The summed E-state index contributed by atoms with van der Waals surface area (Å²) in [5.41, 5.74) is 2.27. The van der Waals surface area contributed by atoms with Gasteiger partial charge in [-0.1, -0.05) is 18.2 Å². The lowest BCUT2D eigenvalue weighted by atomic mass is 10.1. The zero-order valence-corrected chi connectivity index (χ0v) is 16.6. The van der Waals surface area contributed by atoms with Crippen molar-refractivity contribution in [2.75, 3.05) is 25.0 Å². The summed E-state index contributed by atoms with van der Waals surface area (Å²) >= 11 is 4.70. The quantitative estimate of drug-likeness (QED) is 0.827. The lowest BCUT2D eigenvalue weighted by Crippen LogP contribution is -2.47. The van der Waals surface area contributed by atoms with Gasteiger partial charge in [0.05, 0.1) is 8.66 Å². The predicted octanol–water partition coefficient (Wildman–Crippen LogP) is 3.11. The Morgan fingerprint density at radius 2 is 1.96 bits per heavy atom. The minimum Gasteiger partial charge on any atom is -0.373 e. The number of hydrogen-bond acceptors (Lipinski definition) is 4. The molecule has 5 nitrogen and oxygen atoms in total. The normalized spacial score (nSPS) is 15.3. The maximum absolute atomic E-state index is 12.8. The van der Waals surface area contributed by atoms with Gasteiger partial charge in [-0.2, -0.15) is 0 Å². The van der Waals surface area contributed by atoms with Crippen molar-refractivity contribution >= 4 is 44.8 Å². The van der Waals surface area contributed by atoms with Gasteiger partial charge in [0.1, 0.15) is 6.04 Å². The smallest absolute Gasteiger partial charge is 0.262 e. The van der Waals surface area contributed by atoms with Crippen molar-refractivity contribution in [3.8, 4) is 0 Å². The molecule has 0 aliphatic carbocycles. The molecule has 7 heteroatoms. The van der Waals surface area contributed by atoms with Crippen LogP contribution in [0.5, 0.6) is 0 Å². The molecule has 2 heterocycles. The minimum absolute atomic E-state index is 0.0610. The minimum atomic E-state index is -0.566. The molecular formula is C18H20BrN3O2S. The number of likely N-dealkylation sites (N-methyl/N-ethyl adjacent to an activating group) is 1. The molecular weight excluding hydrogens is 402 g/mol. The monoisotopic (exact) mass is 421 g/mol. The number of para-hydroxylation sites is 1. The fourth-order valence-electron chi connectivity index (χ4n) is 2.92. The van der Waals surface area contributed by atoms with Gasteiger partial charge in [0.15, 0.2) is 0 Å². The van der Waals surface area contributed by atoms with Crippen LogP contribution in [0.3, 0.4) is 0 Å². The molecule has 0 saturated carbocycles. The molecule has 1 aromatic heterocycles. The summed E-state index contributed by atoms with van der Waals surface area (Å²) in [5.74, 6) is -0.280. The molecule has 0 fully saturated rings. The summed E-state index contributed by atoms with van der Waals surface area (Å²) in [7, 11) is 2.03. The van der Waals surface area contributed by atoms with Gasteiger partial charge < -0.3 is 15.1 Å². The number of carbonyl (C=O) groups excluding carboxylic acids is 2. The van der Waals surface area contributed by atoms with Gasteiger partial charge in [-0.05, 0) is 46.6 Å². The first-order valence-corrected chi connectivity index (χ1v) is 9.70. The van der Waals surface area contributed by atoms with Gasteiger partial charge in [-0.3, -0.25) is 9.59 Å². The Labute approximate surface area is 159 Å². The molecule has 0 spiro atoms. The van der Waals surface area contributed by atoms with Crippen LogP contribution in [0.15, 0.2) is 40.2 Å². The van der Waals surface area contributed by atoms with E-state index < -0.39 is 6.04 Å². The number of nitrogens with zero attached hydrogens (tertiary/aromatic N) is 2. The fraction of sp³-hybridized carbons (Fsp3) is 0.333. The number of rotatable bonds is 3. The van der Waals surface area contributed by atoms with E-state index in [9.17, 15) is 9.59 Å². The molecule has 0 radical (unpaired) electrons. The van der Waals surface area contributed by atoms with Gasteiger partial charge in [-0.25, -0.2) is 0 Å². The number of thiophene rings is 1. The molecule has 1 aromatic carbocycles. The number of hydrogen-bond donors (Lipinski definition) is 1. The van der Waals surface area contributed by atoms with Gasteiger partial charge in [0.2, 0.25) is 5.91 Å². The fourth-order valence-corrected chi connectivity index (χ4v) is 4.21. The maximum Gasteiger partial charge on any atom is 0.262 e. The second-order valence-corrected chi connectivity index (χ2v) is 8.57. The first kappa shape index (κ1) is 17.9. The topological polar surface area (TPSA) is 52.7 Å². The molecule has 1 aliphatic rings. The zero-order valence-electron chi connectivity index (χ0n) is 14.2. The summed E-state index contributed by atoms with van der Waals surface area (Å²) in [6.45, 7) is 3.70. The third-order valence-electron chi connectivity index (χ3n) is 4.30. The Bertz CT molecular complexity index is 792. The molecule has 1 N–H and O–H groups in total. The van der Waals surface area contributed by atoms with E-state index in [1.807, 2.05) is 36.2 Å². The van der Waals surface area contributed by atoms with Crippen LogP contribution in [-0.4, -0.2) is 42.9 Å². The Hall–Kier alpha value is -1.86. The van der Waals surface area contributed by atoms with Crippen LogP contribution < -0.4 is 10.2 Å². The molecule has 2 amide bonds. The van der Waals surface area contributed by atoms with Crippen molar-refractivity contribution in [3.63, 3.8) is 0 Å². The van der Waals surface area contributed by atoms with Crippen LogP contribution in [0, 0.1) is 0 Å². The number of carbonyl (C=O) groups is 2. The number of anilines is 1. The Balaban J connectivity index is 1.69. The van der Waals surface area contributed by atoms with Crippen LogP contribution in [0.4, 0.5) is 5.69 Å². The van der Waals surface area contributed by atoms with Gasteiger partial charge in [0, 0.05) is 32.4 Å². The standard InChI is InChI=1S/C18H20BrN3O2S/c1-12(20-17(23)15-7-8-16(19)25-15)18(24)22-10-9-21(2)14-6-4-3-5-13(14)11-22/h3-8,12H,9-11H2,1-2H3,(H,20,23). The second kappa shape index (κ2) is 7.58. The SMILES string of the molecule is CC(NC(=O)c1ccc(Br)s1)C(=O)N1CCN(C)c2ccccc2C1. The third kappa shape index (κ3) is 4.04. The van der Waals surface area contributed by atoms with Crippen molar-refractivity contribution in [3.05, 3.63) is 50.6 Å². The van der Waals surface area contributed by atoms with E-state index >= 15 is 0 Å². The first-order chi connectivity index (χ1) is 12.0. The van der Waals surface area contributed by atoms with Crippen molar-refractivity contribution in [1.82, 2.24) is 10.2 Å². The van der Waals surface area contributed by atoms with Crippen LogP contribution in [0.2, 0.25) is 0 Å². The van der Waals surface area contributed by atoms with E-state index in [4.69, 9.17) is 0 Å². The lowest BCUT2D eigenvalue weighted by Gasteiger charge is -2.25. The molecule has 1 aliphatic heterocycles. The zero-order chi connectivity index (χ0) is 18.0. The lowest BCUT2D eigenvalue weighted by molar-refractivity contribution is -0.133. The summed E-state index contributed by atoms with van der Waals surface area (Å²) in [6.07, 6.45) is 0. The number of fused-ring (bicyclic) bond motifs is 1. The van der Waals surface area contributed by atoms with Crippen molar-refractivity contribution in [2.45, 2.75) is 19.5 Å². The van der Waals surface area contributed by atoms with E-state index in [0.717, 1.165) is 21.6 Å². The summed E-state index contributed by atoms with van der Waals surface area (Å²) in [4.78, 5) is 29.7. The number of halogens is 1. The highest BCUT2D eigenvalue weighted by atomic mass is 79.9. The number of amides is 2. The molecule has 0 bridgehead atoms. The van der Waals surface area contributed by atoms with Crippen molar-refractivity contribution in [2.24, 2.45) is 0 Å². The summed E-state index contributed by atoms with van der Waals surface area (Å²) in [6, 6.07) is 11.1. The van der Waals surface area contributed by atoms with E-state index in [1.165, 1.54) is 11.3 Å². The Kier molecular flexibility index (Phi) is 5.44. The van der Waals surface area contributed by atoms with Gasteiger partial charge >= 0.3 is 0 Å². The highest BCUT2D eigenvalue weighted by Gasteiger charge is 2.26. The summed E-state index contributed by atoms with van der Waals surface area (Å²) in [5, 5.41) is 2.81. The van der Waals surface area contributed by atoms with Crippen molar-refractivity contribution in [1.29, 1.82) is 0 Å².